The average molecular weight is 327 g/mol. The van der Waals surface area contributed by atoms with Gasteiger partial charge in [-0.15, -0.1) is 0 Å². The molecule has 3 rings (SSSR count). The van der Waals surface area contributed by atoms with Gasteiger partial charge in [-0.3, -0.25) is 14.3 Å². The topological polar surface area (TPSA) is 81.5 Å². The van der Waals surface area contributed by atoms with Crippen molar-refractivity contribution in [1.82, 2.24) is 14.8 Å². The average Bonchev–Trinajstić information content (AvgIpc) is 3.17. The number of carbonyl (C=O) groups excluding carboxylic acids is 3. The number of carbonyl (C=O) groups is 3. The zero-order valence-corrected chi connectivity index (χ0v) is 13.4. The van der Waals surface area contributed by atoms with Crippen molar-refractivity contribution < 1.29 is 19.2 Å². The van der Waals surface area contributed by atoms with Gasteiger partial charge in [0, 0.05) is 6.20 Å². The van der Waals surface area contributed by atoms with E-state index in [1.165, 1.54) is 18.2 Å². The highest BCUT2D eigenvalue weighted by Gasteiger charge is 2.39. The Morgan fingerprint density at radius 3 is 2.21 bits per heavy atom. The summed E-state index contributed by atoms with van der Waals surface area (Å²) in [5, 5.41) is 4.68. The molecule has 0 saturated heterocycles. The van der Waals surface area contributed by atoms with E-state index in [9.17, 15) is 14.4 Å². The lowest BCUT2D eigenvalue weighted by Crippen LogP contribution is -2.32. The lowest BCUT2D eigenvalue weighted by atomic mass is 10.1. The van der Waals surface area contributed by atoms with Crippen molar-refractivity contribution in [3.05, 3.63) is 53.3 Å². The molecule has 0 bridgehead atoms. The SMILES string of the molecule is CCC(CC)n1ccc(C(=O)ON2C(=O)c3ccccc3C2=O)n1. The molecule has 0 spiro atoms. The Morgan fingerprint density at radius 2 is 1.67 bits per heavy atom. The zero-order valence-electron chi connectivity index (χ0n) is 13.4. The molecule has 1 aromatic heterocycles. The third kappa shape index (κ3) is 2.58. The standard InChI is InChI=1S/C17H17N3O4/c1-3-11(4-2)19-10-9-14(18-19)17(23)24-20-15(21)12-7-5-6-8-13(12)16(20)22/h5-11H,3-4H2,1-2H3. The Hall–Kier alpha value is -2.96. The number of aromatic nitrogens is 2. The van der Waals surface area contributed by atoms with Crippen LogP contribution in [-0.2, 0) is 4.84 Å². The summed E-state index contributed by atoms with van der Waals surface area (Å²) >= 11 is 0. The number of benzene rings is 1. The van der Waals surface area contributed by atoms with Gasteiger partial charge in [-0.05, 0) is 31.0 Å². The number of fused-ring (bicyclic) bond motifs is 1. The molecule has 1 aliphatic heterocycles. The lowest BCUT2D eigenvalue weighted by Gasteiger charge is -2.13. The molecule has 0 atom stereocenters. The van der Waals surface area contributed by atoms with Crippen molar-refractivity contribution in [1.29, 1.82) is 0 Å². The summed E-state index contributed by atoms with van der Waals surface area (Å²) in [5.74, 6) is -2.14. The molecule has 1 aliphatic rings. The Balaban J connectivity index is 1.77. The second-order valence-corrected chi connectivity index (χ2v) is 5.48. The molecule has 1 aromatic carbocycles. The molecule has 7 nitrogen and oxygen atoms in total. The molecule has 0 saturated carbocycles. The van der Waals surface area contributed by atoms with Crippen molar-refractivity contribution in [3.8, 4) is 0 Å². The van der Waals surface area contributed by atoms with Crippen LogP contribution in [0.15, 0.2) is 36.5 Å². The van der Waals surface area contributed by atoms with Gasteiger partial charge in [-0.1, -0.05) is 31.0 Å². The van der Waals surface area contributed by atoms with Gasteiger partial charge in [-0.2, -0.15) is 5.10 Å². The first kappa shape index (κ1) is 15.9. The van der Waals surface area contributed by atoms with Crippen LogP contribution in [0.4, 0.5) is 0 Å². The second kappa shape index (κ2) is 6.27. The summed E-state index contributed by atoms with van der Waals surface area (Å²) in [7, 11) is 0. The molecule has 0 N–H and O–H groups in total. The first-order valence-corrected chi connectivity index (χ1v) is 7.82. The maximum Gasteiger partial charge on any atom is 0.384 e. The normalized spacial score (nSPS) is 13.5. The highest BCUT2D eigenvalue weighted by molar-refractivity contribution is 6.21. The van der Waals surface area contributed by atoms with Gasteiger partial charge >= 0.3 is 5.97 Å². The number of rotatable bonds is 5. The van der Waals surface area contributed by atoms with E-state index in [-0.39, 0.29) is 22.9 Å². The first-order valence-electron chi connectivity index (χ1n) is 7.82. The first-order chi connectivity index (χ1) is 11.6. The van der Waals surface area contributed by atoms with Gasteiger partial charge in [0.05, 0.1) is 17.2 Å². The van der Waals surface area contributed by atoms with E-state index >= 15 is 0 Å². The van der Waals surface area contributed by atoms with E-state index in [0.29, 0.717) is 5.06 Å². The van der Waals surface area contributed by atoms with Gasteiger partial charge in [0.15, 0.2) is 5.69 Å². The van der Waals surface area contributed by atoms with E-state index in [0.717, 1.165) is 12.8 Å². The van der Waals surface area contributed by atoms with Gasteiger partial charge < -0.3 is 4.84 Å². The largest absolute Gasteiger partial charge is 0.384 e. The minimum atomic E-state index is -0.839. The van der Waals surface area contributed by atoms with E-state index in [4.69, 9.17) is 4.84 Å². The van der Waals surface area contributed by atoms with E-state index in [1.807, 2.05) is 13.8 Å². The fraction of sp³-hybridized carbons (Fsp3) is 0.294. The Labute approximate surface area is 138 Å². The van der Waals surface area contributed by atoms with Crippen LogP contribution in [-0.4, -0.2) is 32.6 Å². The summed E-state index contributed by atoms with van der Waals surface area (Å²) in [4.78, 5) is 41.6. The highest BCUT2D eigenvalue weighted by Crippen LogP contribution is 2.23. The molecular formula is C17H17N3O4. The number of hydrogen-bond acceptors (Lipinski definition) is 5. The van der Waals surface area contributed by atoms with Crippen molar-refractivity contribution >= 4 is 17.8 Å². The van der Waals surface area contributed by atoms with Crippen molar-refractivity contribution in [2.75, 3.05) is 0 Å². The number of hydrogen-bond donors (Lipinski definition) is 0. The van der Waals surface area contributed by atoms with E-state index in [2.05, 4.69) is 5.10 Å². The van der Waals surface area contributed by atoms with Crippen LogP contribution in [0, 0.1) is 0 Å². The molecule has 2 heterocycles. The molecule has 0 aliphatic carbocycles. The van der Waals surface area contributed by atoms with Gasteiger partial charge in [0.25, 0.3) is 11.8 Å². The van der Waals surface area contributed by atoms with Crippen LogP contribution in [0.1, 0.15) is 63.9 Å². The van der Waals surface area contributed by atoms with Crippen LogP contribution >= 0.6 is 0 Å². The van der Waals surface area contributed by atoms with Gasteiger partial charge in [-0.25, -0.2) is 4.79 Å². The van der Waals surface area contributed by atoms with Crippen LogP contribution in [0.3, 0.4) is 0 Å². The third-order valence-corrected chi connectivity index (χ3v) is 4.07. The molecule has 0 radical (unpaired) electrons. The summed E-state index contributed by atoms with van der Waals surface area (Å²) in [5.41, 5.74) is 0.495. The van der Waals surface area contributed by atoms with E-state index in [1.54, 1.807) is 23.0 Å². The Morgan fingerprint density at radius 1 is 1.08 bits per heavy atom. The molecule has 24 heavy (non-hydrogen) atoms. The molecular weight excluding hydrogens is 310 g/mol. The summed E-state index contributed by atoms with van der Waals surface area (Å²) in [6.07, 6.45) is 3.45. The monoisotopic (exact) mass is 327 g/mol. The van der Waals surface area contributed by atoms with E-state index < -0.39 is 17.8 Å². The number of hydroxylamine groups is 2. The minimum Gasteiger partial charge on any atom is -0.322 e. The number of imide groups is 1. The zero-order chi connectivity index (χ0) is 17.3. The van der Waals surface area contributed by atoms with Crippen LogP contribution < -0.4 is 0 Å². The van der Waals surface area contributed by atoms with Gasteiger partial charge in [0.1, 0.15) is 0 Å². The summed E-state index contributed by atoms with van der Waals surface area (Å²) in [6.45, 7) is 4.07. The fourth-order valence-electron chi connectivity index (χ4n) is 2.69. The maximum atomic E-state index is 12.2. The van der Waals surface area contributed by atoms with Crippen LogP contribution in [0.5, 0.6) is 0 Å². The summed E-state index contributed by atoms with van der Waals surface area (Å²) in [6, 6.07) is 8.03. The predicted octanol–water partition coefficient (Wildman–Crippen LogP) is 2.61. The van der Waals surface area contributed by atoms with Crippen molar-refractivity contribution in [3.63, 3.8) is 0 Å². The van der Waals surface area contributed by atoms with Crippen LogP contribution in [0.2, 0.25) is 0 Å². The quantitative estimate of drug-likeness (QED) is 0.789. The molecule has 7 heteroatoms. The lowest BCUT2D eigenvalue weighted by molar-refractivity contribution is -0.0589. The maximum absolute atomic E-state index is 12.2. The minimum absolute atomic E-state index is 0.0541. The van der Waals surface area contributed by atoms with Crippen LogP contribution in [0.25, 0.3) is 0 Å². The molecule has 2 aromatic rings. The number of amides is 2. The van der Waals surface area contributed by atoms with Crippen molar-refractivity contribution in [2.24, 2.45) is 0 Å². The smallest absolute Gasteiger partial charge is 0.322 e. The van der Waals surface area contributed by atoms with Gasteiger partial charge in [0.2, 0.25) is 0 Å². The Bertz CT molecular complexity index is 773. The van der Waals surface area contributed by atoms with Crippen molar-refractivity contribution in [2.45, 2.75) is 32.7 Å². The Kier molecular flexibility index (Phi) is 4.16. The fourth-order valence-corrected chi connectivity index (χ4v) is 2.69. The highest BCUT2D eigenvalue weighted by atomic mass is 16.7. The number of nitrogens with zero attached hydrogens (tertiary/aromatic N) is 3. The predicted molar refractivity (Wildman–Crippen MR) is 84.2 cm³/mol. The molecule has 124 valence electrons. The summed E-state index contributed by atoms with van der Waals surface area (Å²) < 4.78 is 1.69. The second-order valence-electron chi connectivity index (χ2n) is 5.48. The third-order valence-electron chi connectivity index (χ3n) is 4.07. The molecule has 0 fully saturated rings. The molecule has 0 unspecified atom stereocenters. The molecule has 2 amide bonds.